The van der Waals surface area contributed by atoms with Crippen molar-refractivity contribution in [2.75, 3.05) is 11.9 Å². The zero-order valence-corrected chi connectivity index (χ0v) is 17.1. The molecule has 2 aliphatic rings. The Morgan fingerprint density at radius 3 is 2.86 bits per heavy atom. The molecule has 1 atom stereocenters. The second kappa shape index (κ2) is 6.28. The number of benzene rings is 1. The van der Waals surface area contributed by atoms with Crippen LogP contribution in [-0.4, -0.2) is 26.8 Å². The lowest BCUT2D eigenvalue weighted by Gasteiger charge is -2.22. The van der Waals surface area contributed by atoms with Gasteiger partial charge in [0.15, 0.2) is 5.82 Å². The van der Waals surface area contributed by atoms with Gasteiger partial charge in [-0.15, -0.1) is 0 Å². The molecule has 0 spiro atoms. The van der Waals surface area contributed by atoms with Crippen LogP contribution in [0.5, 0.6) is 0 Å². The Bertz CT molecular complexity index is 1230. The van der Waals surface area contributed by atoms with Crippen LogP contribution in [-0.2, 0) is 20.0 Å². The van der Waals surface area contributed by atoms with E-state index in [9.17, 15) is 5.26 Å². The number of anilines is 1. The lowest BCUT2D eigenvalue weighted by molar-refractivity contribution is 0.741. The first-order chi connectivity index (χ1) is 14.0. The minimum absolute atomic E-state index is 0.219. The summed E-state index contributed by atoms with van der Waals surface area (Å²) in [7, 11) is 3.82. The number of fused-ring (bicyclic) bond motifs is 4. The third-order valence-corrected chi connectivity index (χ3v) is 6.03. The van der Waals surface area contributed by atoms with Crippen LogP contribution in [0.25, 0.3) is 16.8 Å². The average molecular weight is 382 g/mol. The van der Waals surface area contributed by atoms with Gasteiger partial charge >= 0.3 is 0 Å². The van der Waals surface area contributed by atoms with Gasteiger partial charge in [-0.05, 0) is 23.6 Å². The van der Waals surface area contributed by atoms with E-state index in [-0.39, 0.29) is 5.92 Å². The molecule has 0 saturated carbocycles. The number of aryl methyl sites for hydroxylation is 2. The molecule has 0 fully saturated rings. The topological polar surface area (TPSA) is 70.6 Å². The van der Waals surface area contributed by atoms with E-state index in [1.165, 1.54) is 22.3 Å². The van der Waals surface area contributed by atoms with Crippen LogP contribution in [0.15, 0.2) is 30.5 Å². The SMILES string of the molecule is Cc1ccc2c(c1)[C@@H](C)C1=CCc3ncc(nc31)-c1c(nn(C)c1C#N)N(C)C2. The van der Waals surface area contributed by atoms with Crippen LogP contribution in [0.1, 0.15) is 46.6 Å². The van der Waals surface area contributed by atoms with Gasteiger partial charge in [0.25, 0.3) is 0 Å². The lowest BCUT2D eigenvalue weighted by Crippen LogP contribution is -2.19. The van der Waals surface area contributed by atoms with E-state index in [0.717, 1.165) is 29.2 Å². The summed E-state index contributed by atoms with van der Waals surface area (Å²) < 4.78 is 1.64. The molecule has 1 aromatic carbocycles. The fourth-order valence-electron chi connectivity index (χ4n) is 4.50. The molecule has 3 heterocycles. The minimum Gasteiger partial charge on any atom is -0.353 e. The number of nitrogens with zero attached hydrogens (tertiary/aromatic N) is 6. The molecular weight excluding hydrogens is 360 g/mol. The Labute approximate surface area is 170 Å². The predicted octanol–water partition coefficient (Wildman–Crippen LogP) is 3.75. The predicted molar refractivity (Wildman–Crippen MR) is 112 cm³/mol. The van der Waals surface area contributed by atoms with Gasteiger partial charge < -0.3 is 4.90 Å². The van der Waals surface area contributed by atoms with Crippen molar-refractivity contribution < 1.29 is 0 Å². The van der Waals surface area contributed by atoms with Crippen LogP contribution in [0.3, 0.4) is 0 Å². The highest BCUT2D eigenvalue weighted by Crippen LogP contribution is 2.41. The molecule has 0 N–H and O–H groups in total. The van der Waals surface area contributed by atoms with E-state index < -0.39 is 0 Å². The van der Waals surface area contributed by atoms with Gasteiger partial charge in [0.05, 0.1) is 28.8 Å². The van der Waals surface area contributed by atoms with Crippen molar-refractivity contribution in [3.05, 3.63) is 64.2 Å². The second-order valence-electron chi connectivity index (χ2n) is 7.98. The molecular formula is C23H22N6. The van der Waals surface area contributed by atoms with E-state index in [1.807, 2.05) is 7.05 Å². The molecule has 6 heteroatoms. The zero-order chi connectivity index (χ0) is 20.3. The molecule has 0 unspecified atom stereocenters. The van der Waals surface area contributed by atoms with Crippen molar-refractivity contribution in [1.29, 1.82) is 5.26 Å². The fourth-order valence-corrected chi connectivity index (χ4v) is 4.50. The summed E-state index contributed by atoms with van der Waals surface area (Å²) in [4.78, 5) is 11.8. The summed E-state index contributed by atoms with van der Waals surface area (Å²) in [5, 5.41) is 14.4. The summed E-state index contributed by atoms with van der Waals surface area (Å²) in [5.74, 6) is 0.971. The molecule has 2 aromatic heterocycles. The first-order valence-electron chi connectivity index (χ1n) is 9.82. The van der Waals surface area contributed by atoms with Crippen LogP contribution in [0, 0.1) is 18.3 Å². The average Bonchev–Trinajstić information content (AvgIpc) is 3.28. The number of allylic oxidation sites excluding steroid dienone is 2. The third-order valence-electron chi connectivity index (χ3n) is 6.03. The van der Waals surface area contributed by atoms with Gasteiger partial charge in [-0.3, -0.25) is 9.67 Å². The van der Waals surface area contributed by atoms with Crippen molar-refractivity contribution in [3.63, 3.8) is 0 Å². The molecule has 1 aliphatic heterocycles. The molecule has 6 nitrogen and oxygen atoms in total. The van der Waals surface area contributed by atoms with Crippen molar-refractivity contribution in [2.45, 2.75) is 32.7 Å². The highest BCUT2D eigenvalue weighted by atomic mass is 15.3. The Morgan fingerprint density at radius 1 is 1.24 bits per heavy atom. The van der Waals surface area contributed by atoms with E-state index in [4.69, 9.17) is 9.97 Å². The normalized spacial score (nSPS) is 17.1. The molecule has 3 aromatic rings. The molecule has 29 heavy (non-hydrogen) atoms. The first-order valence-corrected chi connectivity index (χ1v) is 9.82. The van der Waals surface area contributed by atoms with Gasteiger partial charge in [0, 0.05) is 33.0 Å². The summed E-state index contributed by atoms with van der Waals surface area (Å²) in [6.07, 6.45) is 4.83. The molecule has 5 rings (SSSR count). The molecule has 1 aliphatic carbocycles. The molecule has 144 valence electrons. The monoisotopic (exact) mass is 382 g/mol. The lowest BCUT2D eigenvalue weighted by atomic mass is 9.87. The van der Waals surface area contributed by atoms with Gasteiger partial charge in [-0.25, -0.2) is 4.98 Å². The van der Waals surface area contributed by atoms with Crippen molar-refractivity contribution >= 4 is 11.4 Å². The second-order valence-corrected chi connectivity index (χ2v) is 7.98. The maximum atomic E-state index is 9.78. The summed E-state index contributed by atoms with van der Waals surface area (Å²) >= 11 is 0. The van der Waals surface area contributed by atoms with E-state index in [0.29, 0.717) is 17.9 Å². The van der Waals surface area contributed by atoms with Gasteiger partial charge in [0.1, 0.15) is 11.8 Å². The zero-order valence-electron chi connectivity index (χ0n) is 17.1. The smallest absolute Gasteiger partial charge is 0.161 e. The molecule has 0 amide bonds. The largest absolute Gasteiger partial charge is 0.353 e. The van der Waals surface area contributed by atoms with Crippen LogP contribution >= 0.6 is 0 Å². The molecule has 0 radical (unpaired) electrons. The molecule has 0 saturated heterocycles. The third kappa shape index (κ3) is 2.58. The highest BCUT2D eigenvalue weighted by Gasteiger charge is 2.29. The number of hydrogen-bond donors (Lipinski definition) is 0. The number of hydrogen-bond acceptors (Lipinski definition) is 5. The first kappa shape index (κ1) is 17.6. The Kier molecular flexibility index (Phi) is 3.82. The van der Waals surface area contributed by atoms with Crippen LogP contribution < -0.4 is 4.90 Å². The van der Waals surface area contributed by atoms with Crippen molar-refractivity contribution in [3.8, 4) is 17.3 Å². The number of nitriles is 1. The van der Waals surface area contributed by atoms with E-state index in [1.54, 1.807) is 17.9 Å². The standard InChI is InChI=1S/C23H22N6/c1-13-5-6-15-12-28(3)23-21(20(10-24)29(4)27-23)19-11-25-18-8-7-16(22(18)26-19)14(2)17(15)9-13/h5-7,9,11,14H,8,12H2,1-4H3/t14-/m0/s1. The maximum absolute atomic E-state index is 9.78. The van der Waals surface area contributed by atoms with Crippen molar-refractivity contribution in [1.82, 2.24) is 19.7 Å². The number of aromatic nitrogens is 4. The minimum atomic E-state index is 0.219. The number of rotatable bonds is 0. The van der Waals surface area contributed by atoms with E-state index >= 15 is 0 Å². The quantitative estimate of drug-likeness (QED) is 0.592. The summed E-state index contributed by atoms with van der Waals surface area (Å²) in [5.41, 5.74) is 8.94. The fraction of sp³-hybridized carbons (Fsp3) is 0.304. The van der Waals surface area contributed by atoms with Gasteiger partial charge in [0.2, 0.25) is 0 Å². The Balaban J connectivity index is 1.83. The summed E-state index contributed by atoms with van der Waals surface area (Å²) in [6, 6.07) is 8.95. The Morgan fingerprint density at radius 2 is 2.07 bits per heavy atom. The molecule has 2 bridgehead atoms. The van der Waals surface area contributed by atoms with Crippen LogP contribution in [0.2, 0.25) is 0 Å². The van der Waals surface area contributed by atoms with Gasteiger partial charge in [-0.2, -0.15) is 10.4 Å². The van der Waals surface area contributed by atoms with Crippen molar-refractivity contribution in [2.24, 2.45) is 7.05 Å². The summed E-state index contributed by atoms with van der Waals surface area (Å²) in [6.45, 7) is 5.09. The highest BCUT2D eigenvalue weighted by molar-refractivity contribution is 5.81. The Hall–Kier alpha value is -3.46. The van der Waals surface area contributed by atoms with E-state index in [2.05, 4.69) is 54.2 Å². The van der Waals surface area contributed by atoms with Gasteiger partial charge in [-0.1, -0.05) is 36.8 Å². The maximum Gasteiger partial charge on any atom is 0.161 e. The van der Waals surface area contributed by atoms with Crippen LogP contribution in [0.4, 0.5) is 5.82 Å².